The molecule has 0 aromatic heterocycles. The minimum atomic E-state index is -0.677. The lowest BCUT2D eigenvalue weighted by molar-refractivity contribution is 0.0331. The monoisotopic (exact) mass is 481 g/mol. The summed E-state index contributed by atoms with van der Waals surface area (Å²) in [4.78, 5) is 4.25. The van der Waals surface area contributed by atoms with Crippen molar-refractivity contribution in [1.29, 1.82) is 0 Å². The van der Waals surface area contributed by atoms with Gasteiger partial charge in [0.15, 0.2) is 5.96 Å². The van der Waals surface area contributed by atoms with Crippen molar-refractivity contribution < 1.29 is 9.84 Å². The smallest absolute Gasteiger partial charge is 0.193 e. The van der Waals surface area contributed by atoms with Gasteiger partial charge < -0.3 is 20.9 Å². The molecule has 0 aliphatic heterocycles. The maximum Gasteiger partial charge on any atom is 0.193 e. The van der Waals surface area contributed by atoms with Gasteiger partial charge in [-0.3, -0.25) is 4.99 Å². The summed E-state index contributed by atoms with van der Waals surface area (Å²) in [7, 11) is 0. The molecule has 3 rings (SSSR count). The van der Waals surface area contributed by atoms with Gasteiger partial charge in [-0.05, 0) is 48.4 Å². The van der Waals surface area contributed by atoms with Crippen LogP contribution >= 0.6 is 24.0 Å². The van der Waals surface area contributed by atoms with Crippen molar-refractivity contribution in [3.63, 3.8) is 0 Å². The Hall–Kier alpha value is -1.64. The lowest BCUT2D eigenvalue weighted by Gasteiger charge is -2.20. The molecule has 4 N–H and O–H groups in total. The third kappa shape index (κ3) is 6.79. The fourth-order valence-corrected chi connectivity index (χ4v) is 3.22. The molecule has 1 atom stereocenters. The number of nitrogens with zero attached hydrogens (tertiary/aromatic N) is 1. The minimum Gasteiger partial charge on any atom is -0.389 e. The van der Waals surface area contributed by atoms with Crippen molar-refractivity contribution in [2.24, 2.45) is 10.7 Å². The first-order chi connectivity index (χ1) is 12.7. The highest BCUT2D eigenvalue weighted by Crippen LogP contribution is 2.27. The largest absolute Gasteiger partial charge is 0.389 e. The van der Waals surface area contributed by atoms with E-state index in [9.17, 15) is 5.11 Å². The lowest BCUT2D eigenvalue weighted by atomic mass is 9.90. The molecule has 2 aromatic carbocycles. The number of anilines is 1. The topological polar surface area (TPSA) is 79.9 Å². The highest BCUT2D eigenvalue weighted by Gasteiger charge is 2.13. The first-order valence-corrected chi connectivity index (χ1v) is 9.20. The number of aliphatic hydroxyl groups excluding tert-OH is 1. The summed E-state index contributed by atoms with van der Waals surface area (Å²) in [5, 5.41) is 13.2. The zero-order valence-corrected chi connectivity index (χ0v) is 17.8. The Morgan fingerprint density at radius 3 is 2.70 bits per heavy atom. The predicted octanol–water partition coefficient (Wildman–Crippen LogP) is 3.49. The maximum absolute atomic E-state index is 10.0. The van der Waals surface area contributed by atoms with E-state index in [4.69, 9.17) is 10.5 Å². The van der Waals surface area contributed by atoms with Gasteiger partial charge in [-0.1, -0.05) is 42.5 Å². The molecule has 0 saturated heterocycles. The van der Waals surface area contributed by atoms with Gasteiger partial charge in [0.1, 0.15) is 0 Å². The third-order valence-electron chi connectivity index (χ3n) is 4.55. The molecule has 0 radical (unpaired) electrons. The molecular formula is C21H28IN3O2. The van der Waals surface area contributed by atoms with E-state index in [1.807, 2.05) is 42.5 Å². The van der Waals surface area contributed by atoms with E-state index in [0.29, 0.717) is 12.6 Å². The van der Waals surface area contributed by atoms with Gasteiger partial charge in [-0.2, -0.15) is 0 Å². The number of aliphatic imine (C=N–C) groups is 1. The standard InChI is InChI=1S/C21H27N3O2.HI/c22-21(24-20-12-6-10-17-9-4-5-11-19(17)20)23-13-18(25)15-26-14-16-7-2-1-3-8-16;/h1-3,6-8,10,12,18,25H,4-5,9,11,13-15H2,(H3,22,23,24);1H. The van der Waals surface area contributed by atoms with E-state index >= 15 is 0 Å². The first-order valence-electron chi connectivity index (χ1n) is 9.20. The van der Waals surface area contributed by atoms with E-state index in [1.54, 1.807) is 0 Å². The second-order valence-electron chi connectivity index (χ2n) is 6.66. The van der Waals surface area contributed by atoms with Crippen LogP contribution in [-0.4, -0.2) is 30.3 Å². The normalized spacial score (nSPS) is 14.8. The van der Waals surface area contributed by atoms with Crippen molar-refractivity contribution in [1.82, 2.24) is 0 Å². The maximum atomic E-state index is 10.0. The second kappa shape index (κ2) is 11.3. The van der Waals surface area contributed by atoms with Crippen LogP contribution in [0.1, 0.15) is 29.5 Å². The molecule has 1 unspecified atom stereocenters. The van der Waals surface area contributed by atoms with Crippen LogP contribution < -0.4 is 11.1 Å². The molecular weight excluding hydrogens is 453 g/mol. The van der Waals surface area contributed by atoms with Crippen molar-refractivity contribution in [2.45, 2.75) is 38.4 Å². The fraction of sp³-hybridized carbons (Fsp3) is 0.381. The molecule has 0 heterocycles. The van der Waals surface area contributed by atoms with Crippen LogP contribution in [0.15, 0.2) is 53.5 Å². The minimum absolute atomic E-state index is 0. The Labute approximate surface area is 178 Å². The molecule has 5 nitrogen and oxygen atoms in total. The number of hydrogen-bond donors (Lipinski definition) is 3. The number of fused-ring (bicyclic) bond motifs is 1. The predicted molar refractivity (Wildman–Crippen MR) is 121 cm³/mol. The zero-order valence-electron chi connectivity index (χ0n) is 15.4. The number of guanidine groups is 1. The summed E-state index contributed by atoms with van der Waals surface area (Å²) in [5.74, 6) is 0.325. The van der Waals surface area contributed by atoms with Gasteiger partial charge in [-0.15, -0.1) is 24.0 Å². The number of hydrogen-bond acceptors (Lipinski definition) is 3. The Morgan fingerprint density at radius 2 is 1.89 bits per heavy atom. The average Bonchev–Trinajstić information content (AvgIpc) is 2.67. The Balaban J connectivity index is 0.00000261. The van der Waals surface area contributed by atoms with Gasteiger partial charge in [0, 0.05) is 5.69 Å². The van der Waals surface area contributed by atoms with Crippen molar-refractivity contribution in [3.8, 4) is 0 Å². The Kier molecular flexibility index (Phi) is 9.03. The zero-order chi connectivity index (χ0) is 18.2. The van der Waals surface area contributed by atoms with Gasteiger partial charge in [-0.25, -0.2) is 0 Å². The fourth-order valence-electron chi connectivity index (χ4n) is 3.22. The number of benzene rings is 2. The van der Waals surface area contributed by atoms with Gasteiger partial charge in [0.25, 0.3) is 0 Å². The third-order valence-corrected chi connectivity index (χ3v) is 4.55. The number of rotatable bonds is 7. The molecule has 0 bridgehead atoms. The van der Waals surface area contributed by atoms with E-state index in [1.165, 1.54) is 24.0 Å². The van der Waals surface area contributed by atoms with Crippen molar-refractivity contribution in [3.05, 3.63) is 65.2 Å². The van der Waals surface area contributed by atoms with Crippen LogP contribution in [0.2, 0.25) is 0 Å². The van der Waals surface area contributed by atoms with Gasteiger partial charge in [0.05, 0.1) is 25.9 Å². The Morgan fingerprint density at radius 1 is 1.11 bits per heavy atom. The van der Waals surface area contributed by atoms with E-state index < -0.39 is 6.10 Å². The van der Waals surface area contributed by atoms with E-state index in [0.717, 1.165) is 24.1 Å². The number of halogens is 1. The molecule has 1 aliphatic rings. The highest BCUT2D eigenvalue weighted by atomic mass is 127. The van der Waals surface area contributed by atoms with E-state index in [-0.39, 0.29) is 37.1 Å². The molecule has 146 valence electrons. The van der Waals surface area contributed by atoms with Crippen LogP contribution in [0, 0.1) is 0 Å². The Bertz CT molecular complexity index is 737. The summed E-state index contributed by atoms with van der Waals surface area (Å²) in [6.45, 7) is 0.917. The van der Waals surface area contributed by atoms with E-state index in [2.05, 4.69) is 16.4 Å². The summed E-state index contributed by atoms with van der Waals surface area (Å²) in [6, 6.07) is 16.1. The molecule has 6 heteroatoms. The number of nitrogens with two attached hydrogens (primary N) is 1. The summed E-state index contributed by atoms with van der Waals surface area (Å²) in [6.07, 6.45) is 3.97. The molecule has 1 aliphatic carbocycles. The lowest BCUT2D eigenvalue weighted by Crippen LogP contribution is -2.27. The number of ether oxygens (including phenoxy) is 1. The quantitative estimate of drug-likeness (QED) is 0.322. The molecule has 0 fully saturated rings. The number of aliphatic hydroxyl groups is 1. The molecule has 0 amide bonds. The molecule has 2 aromatic rings. The van der Waals surface area contributed by atoms with Crippen molar-refractivity contribution >= 4 is 35.6 Å². The molecule has 27 heavy (non-hydrogen) atoms. The second-order valence-corrected chi connectivity index (χ2v) is 6.66. The SMILES string of the molecule is I.NC(=NCC(O)COCc1ccccc1)Nc1cccc2c1CCCC2. The summed E-state index contributed by atoms with van der Waals surface area (Å²) in [5.41, 5.74) is 10.8. The summed E-state index contributed by atoms with van der Waals surface area (Å²) < 4.78 is 5.53. The van der Waals surface area contributed by atoms with Crippen LogP contribution in [0.25, 0.3) is 0 Å². The average molecular weight is 481 g/mol. The summed E-state index contributed by atoms with van der Waals surface area (Å²) >= 11 is 0. The van der Waals surface area contributed by atoms with Crippen LogP contribution in [0.3, 0.4) is 0 Å². The van der Waals surface area contributed by atoms with Crippen LogP contribution in [0.4, 0.5) is 5.69 Å². The van der Waals surface area contributed by atoms with Crippen LogP contribution in [0.5, 0.6) is 0 Å². The highest BCUT2D eigenvalue weighted by molar-refractivity contribution is 14.0. The van der Waals surface area contributed by atoms with Crippen LogP contribution in [-0.2, 0) is 24.2 Å². The number of aryl methyl sites for hydroxylation is 1. The first kappa shape index (κ1) is 21.7. The van der Waals surface area contributed by atoms with Gasteiger partial charge in [0.2, 0.25) is 0 Å². The van der Waals surface area contributed by atoms with Gasteiger partial charge >= 0.3 is 0 Å². The van der Waals surface area contributed by atoms with Crippen molar-refractivity contribution in [2.75, 3.05) is 18.5 Å². The number of nitrogens with one attached hydrogen (secondary N) is 1. The molecule has 0 saturated carbocycles. The molecule has 0 spiro atoms.